The summed E-state index contributed by atoms with van der Waals surface area (Å²) < 4.78 is 0. The minimum absolute atomic E-state index is 0.188. The molecule has 1 aromatic carbocycles. The largest absolute Gasteiger partial charge is 0.369 e. The lowest BCUT2D eigenvalue weighted by atomic mass is 10.1. The maximum Gasteiger partial charge on any atom is 0.272 e. The Morgan fingerprint density at radius 1 is 1.22 bits per heavy atom. The minimum Gasteiger partial charge on any atom is -0.369 e. The van der Waals surface area contributed by atoms with Crippen molar-refractivity contribution in [3.8, 4) is 0 Å². The molecule has 1 aromatic heterocycles. The van der Waals surface area contributed by atoms with Gasteiger partial charge in [0, 0.05) is 43.8 Å². The Balaban J connectivity index is 1.71. The molecular weight excluding hydrogens is 312 g/mol. The lowest BCUT2D eigenvalue weighted by Gasteiger charge is -2.34. The van der Waals surface area contributed by atoms with Crippen LogP contribution in [0.25, 0.3) is 0 Å². The lowest BCUT2D eigenvalue weighted by molar-refractivity contribution is 0.102. The fourth-order valence-electron chi connectivity index (χ4n) is 2.74. The van der Waals surface area contributed by atoms with Crippen molar-refractivity contribution in [2.75, 3.05) is 43.4 Å². The van der Waals surface area contributed by atoms with E-state index in [1.807, 2.05) is 13.0 Å². The average molecular weight is 333 g/mol. The van der Waals surface area contributed by atoms with Crippen LogP contribution in [0.2, 0.25) is 5.02 Å². The summed E-state index contributed by atoms with van der Waals surface area (Å²) in [6.07, 6.45) is 1.60. The molecule has 0 radical (unpaired) electrons. The first-order chi connectivity index (χ1) is 11.0. The molecule has 6 heteroatoms. The number of hydrogen-bond acceptors (Lipinski definition) is 3. The molecule has 1 amide bonds. The number of benzene rings is 1. The van der Waals surface area contributed by atoms with Crippen LogP contribution in [-0.4, -0.2) is 49.0 Å². The van der Waals surface area contributed by atoms with Gasteiger partial charge in [0.1, 0.15) is 5.69 Å². The Labute approximate surface area is 141 Å². The summed E-state index contributed by atoms with van der Waals surface area (Å²) in [5.41, 5.74) is 3.53. The zero-order valence-corrected chi connectivity index (χ0v) is 14.2. The number of amides is 1. The molecule has 0 aliphatic carbocycles. The molecule has 1 aliphatic rings. The molecule has 0 bridgehead atoms. The number of nitrogens with zero attached hydrogens (tertiary/aromatic N) is 2. The SMILES string of the molecule is Cc1cc(N2CCN(C)CC2)ccc1NC(=O)c1cc(Cl)c[nH]1. The molecule has 0 spiro atoms. The number of H-pyrrole nitrogens is 1. The molecule has 0 unspecified atom stereocenters. The van der Waals surface area contributed by atoms with E-state index in [1.54, 1.807) is 12.3 Å². The van der Waals surface area contributed by atoms with E-state index in [0.29, 0.717) is 10.7 Å². The highest BCUT2D eigenvalue weighted by Crippen LogP contribution is 2.24. The zero-order chi connectivity index (χ0) is 16.4. The second-order valence-electron chi connectivity index (χ2n) is 5.98. The van der Waals surface area contributed by atoms with E-state index in [1.165, 1.54) is 5.69 Å². The molecule has 2 heterocycles. The van der Waals surface area contributed by atoms with Crippen LogP contribution in [0.4, 0.5) is 11.4 Å². The smallest absolute Gasteiger partial charge is 0.272 e. The van der Waals surface area contributed by atoms with Crippen LogP contribution in [0.15, 0.2) is 30.5 Å². The Kier molecular flexibility index (Phi) is 4.59. The van der Waals surface area contributed by atoms with Crippen LogP contribution in [0.3, 0.4) is 0 Å². The number of carbonyl (C=O) groups is 1. The maximum atomic E-state index is 12.2. The van der Waals surface area contributed by atoms with E-state index in [9.17, 15) is 4.79 Å². The van der Waals surface area contributed by atoms with Gasteiger partial charge in [-0.1, -0.05) is 11.6 Å². The predicted molar refractivity (Wildman–Crippen MR) is 94.6 cm³/mol. The molecule has 23 heavy (non-hydrogen) atoms. The van der Waals surface area contributed by atoms with Crippen molar-refractivity contribution in [3.05, 3.63) is 46.7 Å². The Bertz CT molecular complexity index is 704. The Hall–Kier alpha value is -1.98. The van der Waals surface area contributed by atoms with Gasteiger partial charge in [-0.3, -0.25) is 4.79 Å². The quantitative estimate of drug-likeness (QED) is 0.908. The first kappa shape index (κ1) is 15.9. The lowest BCUT2D eigenvalue weighted by Crippen LogP contribution is -2.44. The summed E-state index contributed by atoms with van der Waals surface area (Å²) in [4.78, 5) is 19.8. The number of rotatable bonds is 3. The van der Waals surface area contributed by atoms with Crippen LogP contribution in [0.1, 0.15) is 16.1 Å². The summed E-state index contributed by atoms with van der Waals surface area (Å²) in [6.45, 7) is 6.22. The highest BCUT2D eigenvalue weighted by atomic mass is 35.5. The summed E-state index contributed by atoms with van der Waals surface area (Å²) in [5.74, 6) is -0.188. The van der Waals surface area contributed by atoms with E-state index in [0.717, 1.165) is 37.4 Å². The normalized spacial score (nSPS) is 15.7. The van der Waals surface area contributed by atoms with Gasteiger partial charge in [0.15, 0.2) is 0 Å². The van der Waals surface area contributed by atoms with Gasteiger partial charge in [0.25, 0.3) is 5.91 Å². The highest BCUT2D eigenvalue weighted by molar-refractivity contribution is 6.31. The average Bonchev–Trinajstić information content (AvgIpc) is 2.97. The number of aromatic nitrogens is 1. The monoisotopic (exact) mass is 332 g/mol. The Morgan fingerprint density at radius 3 is 2.57 bits per heavy atom. The molecule has 1 aliphatic heterocycles. The zero-order valence-electron chi connectivity index (χ0n) is 13.4. The maximum absolute atomic E-state index is 12.2. The first-order valence-corrected chi connectivity index (χ1v) is 8.10. The van der Waals surface area contributed by atoms with Crippen molar-refractivity contribution < 1.29 is 4.79 Å². The van der Waals surface area contributed by atoms with Gasteiger partial charge in [0.2, 0.25) is 0 Å². The van der Waals surface area contributed by atoms with Crippen LogP contribution >= 0.6 is 11.6 Å². The Morgan fingerprint density at radius 2 is 1.96 bits per heavy atom. The number of piperazine rings is 1. The van der Waals surface area contributed by atoms with E-state index in [-0.39, 0.29) is 5.91 Å². The fraction of sp³-hybridized carbons (Fsp3) is 0.353. The number of carbonyl (C=O) groups excluding carboxylic acids is 1. The third kappa shape index (κ3) is 3.68. The van der Waals surface area contributed by atoms with Gasteiger partial charge < -0.3 is 20.1 Å². The second kappa shape index (κ2) is 6.64. The second-order valence-corrected chi connectivity index (χ2v) is 6.41. The minimum atomic E-state index is -0.188. The van der Waals surface area contributed by atoms with Gasteiger partial charge >= 0.3 is 0 Å². The molecule has 2 N–H and O–H groups in total. The van der Waals surface area contributed by atoms with E-state index < -0.39 is 0 Å². The van der Waals surface area contributed by atoms with Crippen molar-refractivity contribution in [3.63, 3.8) is 0 Å². The van der Waals surface area contributed by atoms with Crippen molar-refractivity contribution >= 4 is 28.9 Å². The molecule has 2 aromatic rings. The summed E-state index contributed by atoms with van der Waals surface area (Å²) in [6, 6.07) is 7.77. The fourth-order valence-corrected chi connectivity index (χ4v) is 2.90. The highest BCUT2D eigenvalue weighted by Gasteiger charge is 2.15. The molecule has 3 rings (SSSR count). The van der Waals surface area contributed by atoms with Crippen LogP contribution in [-0.2, 0) is 0 Å². The molecule has 1 fully saturated rings. The number of halogens is 1. The third-order valence-corrected chi connectivity index (χ3v) is 4.44. The van der Waals surface area contributed by atoms with Crippen LogP contribution in [0, 0.1) is 6.92 Å². The number of aryl methyl sites for hydroxylation is 1. The molecule has 5 nitrogen and oxygen atoms in total. The summed E-state index contributed by atoms with van der Waals surface area (Å²) >= 11 is 5.84. The summed E-state index contributed by atoms with van der Waals surface area (Å²) in [7, 11) is 2.15. The molecule has 0 atom stereocenters. The van der Waals surface area contributed by atoms with Crippen LogP contribution in [0.5, 0.6) is 0 Å². The van der Waals surface area contributed by atoms with Gasteiger partial charge in [-0.05, 0) is 43.8 Å². The van der Waals surface area contributed by atoms with E-state index in [2.05, 4.69) is 39.3 Å². The number of hydrogen-bond donors (Lipinski definition) is 2. The molecule has 1 saturated heterocycles. The summed E-state index contributed by atoms with van der Waals surface area (Å²) in [5, 5.41) is 3.45. The molecular formula is C17H21ClN4O. The van der Waals surface area contributed by atoms with Gasteiger partial charge in [0.05, 0.1) is 5.02 Å². The van der Waals surface area contributed by atoms with Crippen LogP contribution < -0.4 is 10.2 Å². The number of anilines is 2. The molecule has 122 valence electrons. The number of likely N-dealkylation sites (N-methyl/N-ethyl adjacent to an activating group) is 1. The van der Waals surface area contributed by atoms with Crippen molar-refractivity contribution in [1.82, 2.24) is 9.88 Å². The van der Waals surface area contributed by atoms with Crippen molar-refractivity contribution in [1.29, 1.82) is 0 Å². The third-order valence-electron chi connectivity index (χ3n) is 4.22. The number of aromatic amines is 1. The van der Waals surface area contributed by atoms with Gasteiger partial charge in [-0.2, -0.15) is 0 Å². The number of nitrogens with one attached hydrogen (secondary N) is 2. The van der Waals surface area contributed by atoms with Crippen molar-refractivity contribution in [2.24, 2.45) is 0 Å². The predicted octanol–water partition coefficient (Wildman–Crippen LogP) is 2.98. The van der Waals surface area contributed by atoms with Gasteiger partial charge in [-0.25, -0.2) is 0 Å². The van der Waals surface area contributed by atoms with Crippen molar-refractivity contribution in [2.45, 2.75) is 6.92 Å². The van der Waals surface area contributed by atoms with E-state index in [4.69, 9.17) is 11.6 Å². The standard InChI is InChI=1S/C17H21ClN4O/c1-12-9-14(22-7-5-21(2)6-8-22)3-4-15(12)20-17(23)16-10-13(18)11-19-16/h3-4,9-11,19H,5-8H2,1-2H3,(H,20,23). The van der Waals surface area contributed by atoms with Gasteiger partial charge in [-0.15, -0.1) is 0 Å². The topological polar surface area (TPSA) is 51.4 Å². The molecule has 0 saturated carbocycles. The van der Waals surface area contributed by atoms with E-state index >= 15 is 0 Å². The first-order valence-electron chi connectivity index (χ1n) is 7.72.